The highest BCUT2D eigenvalue weighted by atomic mass is 16.5. The van der Waals surface area contributed by atoms with Crippen molar-refractivity contribution in [1.82, 2.24) is 9.55 Å². The first-order valence-electron chi connectivity index (χ1n) is 7.63. The number of nitrogens with two attached hydrogens (primary N) is 1. The molecule has 0 atom stereocenters. The van der Waals surface area contributed by atoms with Gasteiger partial charge in [0.1, 0.15) is 0 Å². The summed E-state index contributed by atoms with van der Waals surface area (Å²) in [6.07, 6.45) is 4.71. The lowest BCUT2D eigenvalue weighted by atomic mass is 10.2. The highest BCUT2D eigenvalue weighted by Gasteiger charge is 2.19. The van der Waals surface area contributed by atoms with Crippen molar-refractivity contribution >= 4 is 29.3 Å². The number of fused-ring (bicyclic) bond motifs is 1. The first-order valence-corrected chi connectivity index (χ1v) is 7.63. The minimum absolute atomic E-state index is 0.404. The average Bonchev–Trinajstić information content (AvgIpc) is 3.32. The maximum absolute atomic E-state index is 11.1. The number of carbonyl (C=O) groups is 2. The Labute approximate surface area is 134 Å². The molecule has 0 unspecified atom stereocenters. The van der Waals surface area contributed by atoms with E-state index in [0.717, 1.165) is 18.5 Å². The second kappa shape index (κ2) is 7.73. The fraction of sp³-hybridized carbons (Fsp3) is 0.438. The minimum atomic E-state index is -0.494. The van der Waals surface area contributed by atoms with Crippen molar-refractivity contribution in [2.75, 3.05) is 12.4 Å². The zero-order chi connectivity index (χ0) is 16.8. The number of methoxy groups -OCH3 is 1. The Morgan fingerprint density at radius 2 is 2.26 bits per heavy atom. The summed E-state index contributed by atoms with van der Waals surface area (Å²) >= 11 is 0. The van der Waals surface area contributed by atoms with E-state index in [9.17, 15) is 9.59 Å². The summed E-state index contributed by atoms with van der Waals surface area (Å²) in [5, 5.41) is 2.55. The van der Waals surface area contributed by atoms with E-state index in [1.165, 1.54) is 12.8 Å². The van der Waals surface area contributed by atoms with Gasteiger partial charge in [-0.05, 0) is 37.5 Å². The van der Waals surface area contributed by atoms with E-state index in [0.29, 0.717) is 29.5 Å². The zero-order valence-electron chi connectivity index (χ0n) is 13.4. The third kappa shape index (κ3) is 4.29. The molecule has 2 aromatic rings. The van der Waals surface area contributed by atoms with Crippen LogP contribution in [0.3, 0.4) is 0 Å². The van der Waals surface area contributed by atoms with Crippen LogP contribution in [0.1, 0.15) is 36.5 Å². The van der Waals surface area contributed by atoms with Crippen molar-refractivity contribution in [3.8, 4) is 0 Å². The van der Waals surface area contributed by atoms with Crippen LogP contribution in [0.2, 0.25) is 0 Å². The van der Waals surface area contributed by atoms with Gasteiger partial charge in [-0.2, -0.15) is 0 Å². The molecule has 0 bridgehead atoms. The molecule has 3 N–H and O–H groups in total. The summed E-state index contributed by atoms with van der Waals surface area (Å²) in [6, 6.07) is 5.07. The van der Waals surface area contributed by atoms with Gasteiger partial charge in [0.15, 0.2) is 0 Å². The molecule has 23 heavy (non-hydrogen) atoms. The Bertz CT molecular complexity index is 692. The molecule has 0 aliphatic heterocycles. The molecule has 124 valence electrons. The van der Waals surface area contributed by atoms with E-state index in [4.69, 9.17) is 10.5 Å². The Kier molecular flexibility index (Phi) is 5.70. The third-order valence-corrected chi connectivity index (χ3v) is 3.53. The number of nitrogens with zero attached hydrogens (tertiary/aromatic N) is 2. The Balaban J connectivity index is 0.000000326. The second-order valence-corrected chi connectivity index (χ2v) is 5.35. The average molecular weight is 318 g/mol. The number of aryl methyl sites for hydroxylation is 1. The molecular weight excluding hydrogens is 296 g/mol. The quantitative estimate of drug-likeness (QED) is 0.795. The SMILES string of the molecule is CCCn1c(NC=O)nc2cc(C(N)=O)ccc21.COC1CC1. The van der Waals surface area contributed by atoms with Crippen LogP contribution in [0.5, 0.6) is 0 Å². The van der Waals surface area contributed by atoms with E-state index in [-0.39, 0.29) is 0 Å². The maximum Gasteiger partial charge on any atom is 0.248 e. The van der Waals surface area contributed by atoms with Gasteiger partial charge in [-0.25, -0.2) is 4.98 Å². The van der Waals surface area contributed by atoms with Crippen LogP contribution in [0.25, 0.3) is 11.0 Å². The number of imidazole rings is 1. The van der Waals surface area contributed by atoms with Crippen LogP contribution in [-0.4, -0.2) is 35.1 Å². The normalized spacial score (nSPS) is 13.3. The largest absolute Gasteiger partial charge is 0.381 e. The smallest absolute Gasteiger partial charge is 0.248 e. The molecule has 1 aromatic heterocycles. The van der Waals surface area contributed by atoms with E-state index in [1.807, 2.05) is 11.5 Å². The molecule has 1 saturated carbocycles. The molecule has 7 nitrogen and oxygen atoms in total. The van der Waals surface area contributed by atoms with Gasteiger partial charge in [-0.3, -0.25) is 14.9 Å². The fourth-order valence-electron chi connectivity index (χ4n) is 2.20. The summed E-state index contributed by atoms with van der Waals surface area (Å²) in [5.41, 5.74) is 7.14. The number of benzene rings is 1. The summed E-state index contributed by atoms with van der Waals surface area (Å²) in [7, 11) is 1.76. The summed E-state index contributed by atoms with van der Waals surface area (Å²) in [6.45, 7) is 2.77. The summed E-state index contributed by atoms with van der Waals surface area (Å²) < 4.78 is 6.76. The van der Waals surface area contributed by atoms with Gasteiger partial charge in [0, 0.05) is 19.2 Å². The van der Waals surface area contributed by atoms with Gasteiger partial charge >= 0.3 is 0 Å². The van der Waals surface area contributed by atoms with Gasteiger partial charge in [-0.15, -0.1) is 0 Å². The first kappa shape index (κ1) is 17.0. The van der Waals surface area contributed by atoms with Gasteiger partial charge < -0.3 is 15.0 Å². The van der Waals surface area contributed by atoms with Crippen molar-refractivity contribution in [3.63, 3.8) is 0 Å². The number of primary amides is 1. The molecular formula is C16H22N4O3. The molecule has 1 aromatic carbocycles. The lowest BCUT2D eigenvalue weighted by molar-refractivity contribution is -0.105. The first-order chi connectivity index (χ1) is 11.1. The second-order valence-electron chi connectivity index (χ2n) is 5.35. The standard InChI is InChI=1S/C12H14N4O2.C4H8O/c1-2-5-16-10-4-3-8(11(13)18)6-9(10)15-12(16)14-7-17;1-5-4-2-3-4/h3-4,6-7H,2,5H2,1H3,(H2,13,18)(H,14,15,17);4H,2-3H2,1H3. The molecule has 1 aliphatic carbocycles. The van der Waals surface area contributed by atoms with Crippen LogP contribution in [-0.2, 0) is 16.1 Å². The number of ether oxygens (including phenoxy) is 1. The number of aromatic nitrogens is 2. The van der Waals surface area contributed by atoms with Gasteiger partial charge in [0.05, 0.1) is 17.1 Å². The Morgan fingerprint density at radius 1 is 1.52 bits per heavy atom. The number of hydrogen-bond donors (Lipinski definition) is 2. The number of amides is 2. The highest BCUT2D eigenvalue weighted by molar-refractivity contribution is 5.96. The predicted molar refractivity (Wildman–Crippen MR) is 88.3 cm³/mol. The van der Waals surface area contributed by atoms with Crippen molar-refractivity contribution < 1.29 is 14.3 Å². The third-order valence-electron chi connectivity index (χ3n) is 3.53. The van der Waals surface area contributed by atoms with E-state index in [2.05, 4.69) is 10.3 Å². The zero-order valence-corrected chi connectivity index (χ0v) is 13.4. The number of hydrogen-bond acceptors (Lipinski definition) is 4. The van der Waals surface area contributed by atoms with Crippen molar-refractivity contribution in [3.05, 3.63) is 23.8 Å². The number of carbonyl (C=O) groups excluding carboxylic acids is 2. The molecule has 1 aliphatic rings. The Morgan fingerprint density at radius 3 is 2.74 bits per heavy atom. The fourth-order valence-corrected chi connectivity index (χ4v) is 2.20. The number of anilines is 1. The number of rotatable bonds is 6. The van der Waals surface area contributed by atoms with Crippen molar-refractivity contribution in [1.29, 1.82) is 0 Å². The minimum Gasteiger partial charge on any atom is -0.381 e. The maximum atomic E-state index is 11.1. The summed E-state index contributed by atoms with van der Waals surface area (Å²) in [4.78, 5) is 25.9. The molecule has 0 saturated heterocycles. The van der Waals surface area contributed by atoms with Crippen LogP contribution < -0.4 is 11.1 Å². The highest BCUT2D eigenvalue weighted by Crippen LogP contribution is 2.22. The molecule has 1 heterocycles. The molecule has 3 rings (SSSR count). The van der Waals surface area contributed by atoms with Crippen molar-refractivity contribution in [2.24, 2.45) is 5.73 Å². The lowest BCUT2D eigenvalue weighted by Gasteiger charge is -2.05. The van der Waals surface area contributed by atoms with E-state index in [1.54, 1.807) is 25.3 Å². The van der Waals surface area contributed by atoms with Crippen LogP contribution >= 0.6 is 0 Å². The lowest BCUT2D eigenvalue weighted by Crippen LogP contribution is -2.10. The van der Waals surface area contributed by atoms with Crippen LogP contribution in [0, 0.1) is 0 Å². The monoisotopic (exact) mass is 318 g/mol. The van der Waals surface area contributed by atoms with Gasteiger partial charge in [0.2, 0.25) is 18.3 Å². The number of nitrogens with one attached hydrogen (secondary N) is 1. The van der Waals surface area contributed by atoms with Crippen LogP contribution in [0.4, 0.5) is 5.95 Å². The molecule has 0 spiro atoms. The van der Waals surface area contributed by atoms with Crippen molar-refractivity contribution in [2.45, 2.75) is 38.8 Å². The topological polar surface area (TPSA) is 99.2 Å². The molecule has 0 radical (unpaired) electrons. The van der Waals surface area contributed by atoms with Crippen LogP contribution in [0.15, 0.2) is 18.2 Å². The van der Waals surface area contributed by atoms with E-state index < -0.39 is 5.91 Å². The molecule has 1 fully saturated rings. The molecule has 7 heteroatoms. The van der Waals surface area contributed by atoms with E-state index >= 15 is 0 Å². The predicted octanol–water partition coefficient (Wildman–Crippen LogP) is 1.91. The van der Waals surface area contributed by atoms with Gasteiger partial charge in [-0.1, -0.05) is 6.92 Å². The van der Waals surface area contributed by atoms with Gasteiger partial charge in [0.25, 0.3) is 0 Å². The molecule has 2 amide bonds. The Hall–Kier alpha value is -2.41. The summed E-state index contributed by atoms with van der Waals surface area (Å²) in [5.74, 6) is -0.0182.